The van der Waals surface area contributed by atoms with E-state index >= 15 is 0 Å². The first-order valence-electron chi connectivity index (χ1n) is 6.70. The Kier molecular flexibility index (Phi) is 3.33. The van der Waals surface area contributed by atoms with Crippen molar-refractivity contribution in [3.63, 3.8) is 0 Å². The Hall–Kier alpha value is -2.43. The first-order valence-corrected chi connectivity index (χ1v) is 6.70. The molecule has 20 heavy (non-hydrogen) atoms. The molecule has 0 radical (unpaired) electrons. The Labute approximate surface area is 116 Å². The molecule has 0 bridgehead atoms. The van der Waals surface area contributed by atoms with Crippen LogP contribution in [-0.4, -0.2) is 21.7 Å². The molecule has 0 fully saturated rings. The molecule has 2 aromatic heterocycles. The number of pyridine rings is 1. The molecule has 2 aromatic rings. The molecular weight excluding hydrogens is 254 g/mol. The molecule has 0 saturated carbocycles. The van der Waals surface area contributed by atoms with Gasteiger partial charge in [-0.05, 0) is 31.4 Å². The van der Waals surface area contributed by atoms with Crippen LogP contribution in [0.5, 0.6) is 0 Å². The zero-order chi connectivity index (χ0) is 13.9. The van der Waals surface area contributed by atoms with Crippen molar-refractivity contribution in [2.75, 3.05) is 5.32 Å². The number of aryl methyl sites for hydroxylation is 1. The molecule has 1 aliphatic carbocycles. The highest BCUT2D eigenvalue weighted by molar-refractivity contribution is 6.13. The van der Waals surface area contributed by atoms with Crippen molar-refractivity contribution in [1.82, 2.24) is 9.97 Å². The molecule has 0 saturated heterocycles. The SMILES string of the molecule is O=C(Nc1ccncc1)c1c[nH]c2c1C(=O)CCCC2. The standard InChI is InChI=1S/C15H15N3O2/c19-13-4-2-1-3-12-14(13)11(9-17-12)15(20)18-10-5-7-16-8-6-10/h5-9,17H,1-4H2,(H,16,18,20). The van der Waals surface area contributed by atoms with E-state index in [2.05, 4.69) is 15.3 Å². The van der Waals surface area contributed by atoms with Gasteiger partial charge in [-0.25, -0.2) is 0 Å². The smallest absolute Gasteiger partial charge is 0.257 e. The largest absolute Gasteiger partial charge is 0.364 e. The fourth-order valence-corrected chi connectivity index (χ4v) is 2.51. The van der Waals surface area contributed by atoms with Crippen LogP contribution in [0, 0.1) is 0 Å². The normalized spacial score (nSPS) is 14.5. The summed E-state index contributed by atoms with van der Waals surface area (Å²) in [5.41, 5.74) is 2.55. The van der Waals surface area contributed by atoms with Crippen LogP contribution in [0.2, 0.25) is 0 Å². The minimum Gasteiger partial charge on any atom is -0.364 e. The molecule has 102 valence electrons. The number of hydrogen-bond donors (Lipinski definition) is 2. The maximum atomic E-state index is 12.3. The van der Waals surface area contributed by atoms with Crippen molar-refractivity contribution in [1.29, 1.82) is 0 Å². The summed E-state index contributed by atoms with van der Waals surface area (Å²) in [4.78, 5) is 31.4. The summed E-state index contributed by atoms with van der Waals surface area (Å²) in [6.07, 6.45) is 8.04. The second-order valence-electron chi connectivity index (χ2n) is 4.88. The average molecular weight is 269 g/mol. The number of anilines is 1. The number of aromatic nitrogens is 2. The van der Waals surface area contributed by atoms with E-state index < -0.39 is 0 Å². The molecule has 2 heterocycles. The fraction of sp³-hybridized carbons (Fsp3) is 0.267. The Morgan fingerprint density at radius 3 is 2.75 bits per heavy atom. The van der Waals surface area contributed by atoms with Crippen molar-refractivity contribution in [3.8, 4) is 0 Å². The average Bonchev–Trinajstić information content (AvgIpc) is 2.80. The maximum absolute atomic E-state index is 12.3. The summed E-state index contributed by atoms with van der Waals surface area (Å²) >= 11 is 0. The zero-order valence-electron chi connectivity index (χ0n) is 11.0. The van der Waals surface area contributed by atoms with Gasteiger partial charge in [-0.1, -0.05) is 0 Å². The van der Waals surface area contributed by atoms with Gasteiger partial charge in [0.15, 0.2) is 5.78 Å². The second-order valence-corrected chi connectivity index (χ2v) is 4.88. The quantitative estimate of drug-likeness (QED) is 0.823. The number of fused-ring (bicyclic) bond motifs is 1. The molecule has 0 spiro atoms. The number of nitrogens with zero attached hydrogens (tertiary/aromatic N) is 1. The topological polar surface area (TPSA) is 74.8 Å². The van der Waals surface area contributed by atoms with Crippen LogP contribution < -0.4 is 5.32 Å². The predicted molar refractivity (Wildman–Crippen MR) is 74.9 cm³/mol. The first-order chi connectivity index (χ1) is 9.75. The van der Waals surface area contributed by atoms with Crippen molar-refractivity contribution in [2.45, 2.75) is 25.7 Å². The number of nitrogens with one attached hydrogen (secondary N) is 2. The number of carbonyl (C=O) groups excluding carboxylic acids is 2. The third kappa shape index (κ3) is 2.34. The van der Waals surface area contributed by atoms with Crippen LogP contribution in [0.4, 0.5) is 5.69 Å². The highest BCUT2D eigenvalue weighted by atomic mass is 16.2. The van der Waals surface area contributed by atoms with E-state index in [9.17, 15) is 9.59 Å². The van der Waals surface area contributed by atoms with E-state index in [1.165, 1.54) is 0 Å². The molecule has 1 amide bonds. The molecule has 5 nitrogen and oxygen atoms in total. The molecule has 0 aliphatic heterocycles. The zero-order valence-corrected chi connectivity index (χ0v) is 11.0. The third-order valence-corrected chi connectivity index (χ3v) is 3.50. The van der Waals surface area contributed by atoms with Gasteiger partial charge < -0.3 is 10.3 Å². The molecule has 5 heteroatoms. The van der Waals surface area contributed by atoms with E-state index in [-0.39, 0.29) is 11.7 Å². The van der Waals surface area contributed by atoms with Crippen LogP contribution >= 0.6 is 0 Å². The third-order valence-electron chi connectivity index (χ3n) is 3.50. The summed E-state index contributed by atoms with van der Waals surface area (Å²) in [6, 6.07) is 3.43. The van der Waals surface area contributed by atoms with Crippen LogP contribution in [0.3, 0.4) is 0 Å². The van der Waals surface area contributed by atoms with E-state index in [0.717, 1.165) is 25.0 Å². The van der Waals surface area contributed by atoms with Crippen molar-refractivity contribution >= 4 is 17.4 Å². The van der Waals surface area contributed by atoms with Crippen molar-refractivity contribution < 1.29 is 9.59 Å². The summed E-state index contributed by atoms with van der Waals surface area (Å²) in [5.74, 6) is -0.206. The number of Topliss-reactive ketones (excluding diaryl/α,β-unsaturated/α-hetero) is 1. The lowest BCUT2D eigenvalue weighted by atomic mass is 10.0. The number of carbonyl (C=O) groups is 2. The number of H-pyrrole nitrogens is 1. The van der Waals surface area contributed by atoms with Gasteiger partial charge in [0.2, 0.25) is 0 Å². The Morgan fingerprint density at radius 1 is 1.20 bits per heavy atom. The minimum absolute atomic E-state index is 0.0543. The van der Waals surface area contributed by atoms with E-state index in [4.69, 9.17) is 0 Å². The summed E-state index contributed by atoms with van der Waals surface area (Å²) in [7, 11) is 0. The molecule has 2 N–H and O–H groups in total. The number of hydrogen-bond acceptors (Lipinski definition) is 3. The van der Waals surface area contributed by atoms with Crippen LogP contribution in [-0.2, 0) is 6.42 Å². The monoisotopic (exact) mass is 269 g/mol. The number of ketones is 1. The van der Waals surface area contributed by atoms with Crippen LogP contribution in [0.15, 0.2) is 30.7 Å². The molecule has 3 rings (SSSR count). The lowest BCUT2D eigenvalue weighted by molar-refractivity contribution is 0.0965. The van der Waals surface area contributed by atoms with Gasteiger partial charge in [-0.3, -0.25) is 14.6 Å². The number of rotatable bonds is 2. The van der Waals surface area contributed by atoms with Gasteiger partial charge in [0.1, 0.15) is 0 Å². The highest BCUT2D eigenvalue weighted by Crippen LogP contribution is 2.24. The summed E-state index contributed by atoms with van der Waals surface area (Å²) in [5, 5.41) is 2.78. The summed E-state index contributed by atoms with van der Waals surface area (Å²) < 4.78 is 0. The van der Waals surface area contributed by atoms with Gasteiger partial charge in [-0.15, -0.1) is 0 Å². The Morgan fingerprint density at radius 2 is 1.95 bits per heavy atom. The van der Waals surface area contributed by atoms with E-state index in [1.54, 1.807) is 30.7 Å². The fourth-order valence-electron chi connectivity index (χ4n) is 2.51. The lowest BCUT2D eigenvalue weighted by Gasteiger charge is -2.05. The Balaban J connectivity index is 1.89. The second kappa shape index (κ2) is 5.28. The van der Waals surface area contributed by atoms with Crippen LogP contribution in [0.25, 0.3) is 0 Å². The maximum Gasteiger partial charge on any atom is 0.257 e. The predicted octanol–water partition coefficient (Wildman–Crippen LogP) is 2.57. The van der Waals surface area contributed by atoms with Gasteiger partial charge in [0, 0.05) is 36.4 Å². The molecule has 0 unspecified atom stereocenters. The van der Waals surface area contributed by atoms with Gasteiger partial charge in [0.05, 0.1) is 11.1 Å². The van der Waals surface area contributed by atoms with Gasteiger partial charge in [0.25, 0.3) is 5.91 Å². The highest BCUT2D eigenvalue weighted by Gasteiger charge is 2.24. The van der Waals surface area contributed by atoms with E-state index in [1.807, 2.05) is 0 Å². The lowest BCUT2D eigenvalue weighted by Crippen LogP contribution is -2.15. The van der Waals surface area contributed by atoms with E-state index in [0.29, 0.717) is 23.2 Å². The van der Waals surface area contributed by atoms with Crippen molar-refractivity contribution in [2.24, 2.45) is 0 Å². The van der Waals surface area contributed by atoms with Gasteiger partial charge >= 0.3 is 0 Å². The Bertz CT molecular complexity index is 646. The minimum atomic E-state index is -0.260. The molecule has 0 atom stereocenters. The number of amides is 1. The van der Waals surface area contributed by atoms with Gasteiger partial charge in [-0.2, -0.15) is 0 Å². The molecule has 0 aromatic carbocycles. The number of aromatic amines is 1. The van der Waals surface area contributed by atoms with Crippen molar-refractivity contribution in [3.05, 3.63) is 47.5 Å². The first kappa shape index (κ1) is 12.6. The molecular formula is C15H15N3O2. The van der Waals surface area contributed by atoms with Crippen LogP contribution in [0.1, 0.15) is 45.7 Å². The molecule has 1 aliphatic rings. The summed E-state index contributed by atoms with van der Waals surface area (Å²) in [6.45, 7) is 0.